The first-order valence-electron chi connectivity index (χ1n) is 6.09. The van der Waals surface area contributed by atoms with Crippen molar-refractivity contribution in [3.05, 3.63) is 29.8 Å². The summed E-state index contributed by atoms with van der Waals surface area (Å²) in [6.07, 6.45) is 3.65. The second-order valence-corrected chi connectivity index (χ2v) is 6.11. The Balaban J connectivity index is 2.44. The number of alkyl halides is 1. The summed E-state index contributed by atoms with van der Waals surface area (Å²) in [4.78, 5) is 0.255. The Kier molecular flexibility index (Phi) is 6.68. The van der Waals surface area contributed by atoms with Gasteiger partial charge < -0.3 is 0 Å². The van der Waals surface area contributed by atoms with Gasteiger partial charge in [-0.3, -0.25) is 4.18 Å². The molecular formula is C13H19ClO3S. The van der Waals surface area contributed by atoms with E-state index in [2.05, 4.69) is 0 Å². The summed E-state index contributed by atoms with van der Waals surface area (Å²) in [6, 6.07) is 6.83. The van der Waals surface area contributed by atoms with Gasteiger partial charge in [0.05, 0.1) is 11.5 Å². The molecule has 5 heteroatoms. The summed E-state index contributed by atoms with van der Waals surface area (Å²) >= 11 is 5.56. The van der Waals surface area contributed by atoms with E-state index in [-0.39, 0.29) is 11.5 Å². The van der Waals surface area contributed by atoms with E-state index in [9.17, 15) is 8.42 Å². The van der Waals surface area contributed by atoms with Gasteiger partial charge in [-0.05, 0) is 31.4 Å². The zero-order valence-electron chi connectivity index (χ0n) is 10.6. The Morgan fingerprint density at radius 3 is 2.44 bits per heavy atom. The van der Waals surface area contributed by atoms with E-state index in [1.807, 2.05) is 0 Å². The lowest BCUT2D eigenvalue weighted by molar-refractivity contribution is 0.306. The molecule has 0 fully saturated rings. The molecule has 0 atom stereocenters. The number of benzene rings is 1. The van der Waals surface area contributed by atoms with Gasteiger partial charge >= 0.3 is 0 Å². The van der Waals surface area contributed by atoms with Crippen molar-refractivity contribution < 1.29 is 12.6 Å². The molecule has 0 aliphatic heterocycles. The topological polar surface area (TPSA) is 43.4 Å². The first-order valence-corrected chi connectivity index (χ1v) is 8.03. The predicted molar refractivity (Wildman–Crippen MR) is 73.5 cm³/mol. The Morgan fingerprint density at radius 2 is 1.78 bits per heavy atom. The van der Waals surface area contributed by atoms with Crippen LogP contribution in [0.15, 0.2) is 29.2 Å². The predicted octanol–water partition coefficient (Wildman–Crippen LogP) is 3.50. The van der Waals surface area contributed by atoms with Crippen LogP contribution < -0.4 is 0 Å². The fraction of sp³-hybridized carbons (Fsp3) is 0.538. The molecule has 0 aromatic heterocycles. The fourth-order valence-electron chi connectivity index (χ4n) is 1.62. The summed E-state index contributed by atoms with van der Waals surface area (Å²) in [5.41, 5.74) is 0.708. The largest absolute Gasteiger partial charge is 0.297 e. The van der Waals surface area contributed by atoms with Crippen LogP contribution in [0.1, 0.15) is 31.2 Å². The van der Waals surface area contributed by atoms with E-state index < -0.39 is 10.1 Å². The number of hydrogen-bond donors (Lipinski definition) is 0. The minimum Gasteiger partial charge on any atom is -0.266 e. The fourth-order valence-corrected chi connectivity index (χ4v) is 2.98. The van der Waals surface area contributed by atoms with Crippen LogP contribution in [0.2, 0.25) is 0 Å². The standard InChI is InChI=1S/C13H19ClO3S/c1-12-8-4-5-9-13(12)18(15,16)17-11-7-3-2-6-10-14/h4-5,8-9H,2-3,6-7,10-11H2,1H3. The van der Waals surface area contributed by atoms with E-state index in [0.717, 1.165) is 25.7 Å². The lowest BCUT2D eigenvalue weighted by Gasteiger charge is -2.07. The molecule has 1 rings (SSSR count). The smallest absolute Gasteiger partial charge is 0.266 e. The molecule has 0 bridgehead atoms. The zero-order valence-corrected chi connectivity index (χ0v) is 12.1. The summed E-state index contributed by atoms with van der Waals surface area (Å²) in [5, 5.41) is 0. The SMILES string of the molecule is Cc1ccccc1S(=O)(=O)OCCCCCCCl. The number of unbranched alkanes of at least 4 members (excludes halogenated alkanes) is 3. The molecule has 0 saturated heterocycles. The maximum Gasteiger partial charge on any atom is 0.297 e. The first-order chi connectivity index (χ1) is 8.58. The van der Waals surface area contributed by atoms with Gasteiger partial charge in [0.1, 0.15) is 0 Å². The molecule has 0 unspecified atom stereocenters. The summed E-state index contributed by atoms with van der Waals surface area (Å²) in [6.45, 7) is 2.00. The van der Waals surface area contributed by atoms with Gasteiger partial charge in [0, 0.05) is 5.88 Å². The number of aryl methyl sites for hydroxylation is 1. The Hall–Kier alpha value is -0.580. The quantitative estimate of drug-likeness (QED) is 0.418. The second-order valence-electron chi connectivity index (χ2n) is 4.14. The lowest BCUT2D eigenvalue weighted by atomic mass is 10.2. The minimum atomic E-state index is -3.61. The Labute approximate surface area is 114 Å². The maximum absolute atomic E-state index is 11.9. The molecular weight excluding hydrogens is 272 g/mol. The highest BCUT2D eigenvalue weighted by molar-refractivity contribution is 7.86. The first kappa shape index (κ1) is 15.5. The summed E-state index contributed by atoms with van der Waals surface area (Å²) in [5.74, 6) is 0.655. The number of rotatable bonds is 8. The lowest BCUT2D eigenvalue weighted by Crippen LogP contribution is -2.09. The molecule has 0 saturated carbocycles. The molecule has 0 radical (unpaired) electrons. The third-order valence-electron chi connectivity index (χ3n) is 2.63. The molecule has 0 heterocycles. The van der Waals surface area contributed by atoms with Crippen molar-refractivity contribution >= 4 is 21.7 Å². The maximum atomic E-state index is 11.9. The van der Waals surface area contributed by atoms with E-state index in [1.165, 1.54) is 0 Å². The summed E-state index contributed by atoms with van der Waals surface area (Å²) in [7, 11) is -3.61. The van der Waals surface area contributed by atoms with Gasteiger partial charge in [0.2, 0.25) is 0 Å². The Bertz CT molecular complexity index is 457. The van der Waals surface area contributed by atoms with Crippen molar-refractivity contribution in [2.24, 2.45) is 0 Å². The van der Waals surface area contributed by atoms with Crippen molar-refractivity contribution in [2.75, 3.05) is 12.5 Å². The normalized spacial score (nSPS) is 11.7. The molecule has 3 nitrogen and oxygen atoms in total. The van der Waals surface area contributed by atoms with Gasteiger partial charge in [-0.25, -0.2) is 0 Å². The third kappa shape index (κ3) is 4.96. The molecule has 102 valence electrons. The highest BCUT2D eigenvalue weighted by atomic mass is 35.5. The van der Waals surface area contributed by atoms with Crippen LogP contribution in [-0.4, -0.2) is 20.9 Å². The van der Waals surface area contributed by atoms with Crippen LogP contribution in [0.4, 0.5) is 0 Å². The van der Waals surface area contributed by atoms with Crippen molar-refractivity contribution in [1.82, 2.24) is 0 Å². The van der Waals surface area contributed by atoms with Crippen LogP contribution in [0.3, 0.4) is 0 Å². The van der Waals surface area contributed by atoms with E-state index in [0.29, 0.717) is 11.4 Å². The molecule has 0 spiro atoms. The molecule has 18 heavy (non-hydrogen) atoms. The van der Waals surface area contributed by atoms with Gasteiger partial charge in [0.25, 0.3) is 10.1 Å². The highest BCUT2D eigenvalue weighted by Gasteiger charge is 2.16. The summed E-state index contributed by atoms with van der Waals surface area (Å²) < 4.78 is 28.8. The van der Waals surface area contributed by atoms with E-state index in [4.69, 9.17) is 15.8 Å². The molecule has 0 N–H and O–H groups in total. The van der Waals surface area contributed by atoms with E-state index in [1.54, 1.807) is 31.2 Å². The van der Waals surface area contributed by atoms with Gasteiger partial charge in [-0.15, -0.1) is 11.6 Å². The molecule has 0 aliphatic carbocycles. The second kappa shape index (κ2) is 7.77. The van der Waals surface area contributed by atoms with Crippen LogP contribution in [0.5, 0.6) is 0 Å². The molecule has 1 aromatic carbocycles. The van der Waals surface area contributed by atoms with Crippen molar-refractivity contribution in [1.29, 1.82) is 0 Å². The van der Waals surface area contributed by atoms with Crippen molar-refractivity contribution in [3.8, 4) is 0 Å². The molecule has 0 aliphatic rings. The van der Waals surface area contributed by atoms with Crippen molar-refractivity contribution in [3.63, 3.8) is 0 Å². The van der Waals surface area contributed by atoms with Crippen molar-refractivity contribution in [2.45, 2.75) is 37.5 Å². The van der Waals surface area contributed by atoms with Gasteiger partial charge in [0.15, 0.2) is 0 Å². The van der Waals surface area contributed by atoms with Crippen LogP contribution in [0, 0.1) is 6.92 Å². The van der Waals surface area contributed by atoms with Gasteiger partial charge in [-0.1, -0.05) is 31.0 Å². The highest BCUT2D eigenvalue weighted by Crippen LogP contribution is 2.17. The zero-order chi connectivity index (χ0) is 13.4. The monoisotopic (exact) mass is 290 g/mol. The van der Waals surface area contributed by atoms with Crippen LogP contribution >= 0.6 is 11.6 Å². The third-order valence-corrected chi connectivity index (χ3v) is 4.37. The Morgan fingerprint density at radius 1 is 1.11 bits per heavy atom. The average molecular weight is 291 g/mol. The average Bonchev–Trinajstić information content (AvgIpc) is 2.34. The molecule has 0 amide bonds. The minimum absolute atomic E-state index is 0.235. The number of halogens is 1. The van der Waals surface area contributed by atoms with E-state index >= 15 is 0 Å². The number of hydrogen-bond acceptors (Lipinski definition) is 3. The van der Waals surface area contributed by atoms with Crippen LogP contribution in [-0.2, 0) is 14.3 Å². The molecule has 1 aromatic rings. The van der Waals surface area contributed by atoms with Crippen LogP contribution in [0.25, 0.3) is 0 Å². The van der Waals surface area contributed by atoms with Gasteiger partial charge in [-0.2, -0.15) is 8.42 Å².